The zero-order chi connectivity index (χ0) is 23.9. The third kappa shape index (κ3) is 4.29. The van der Waals surface area contributed by atoms with Crippen molar-refractivity contribution in [3.8, 4) is 17.4 Å². The molecule has 0 radical (unpaired) electrons. The lowest BCUT2D eigenvalue weighted by atomic mass is 9.97. The standard InChI is InChI=1S/C21H19ClN4O6S2/c1-30-14-4-2-3-13-11-15(31-18(13)14)20-24-25-21(32-20)23-19(27)12-7-9-26(10-8-12)34(28,29)17-6-5-16(22)33-17/h2-6,11-12H,7-10H2,1H3,(H,23,25,27). The number of ether oxygens (including phenoxy) is 1. The summed E-state index contributed by atoms with van der Waals surface area (Å²) in [6.07, 6.45) is 0.739. The third-order valence-corrected chi connectivity index (χ3v) is 9.16. The zero-order valence-corrected chi connectivity index (χ0v) is 20.2. The molecule has 0 atom stereocenters. The fraction of sp³-hybridized carbons (Fsp3) is 0.286. The number of para-hydroxylation sites is 1. The smallest absolute Gasteiger partial charge is 0.322 e. The molecule has 1 amide bonds. The van der Waals surface area contributed by atoms with E-state index in [0.717, 1.165) is 16.7 Å². The van der Waals surface area contributed by atoms with Gasteiger partial charge < -0.3 is 13.6 Å². The van der Waals surface area contributed by atoms with E-state index >= 15 is 0 Å². The number of hydrogen-bond donors (Lipinski definition) is 1. The van der Waals surface area contributed by atoms with Crippen molar-refractivity contribution in [2.45, 2.75) is 17.1 Å². The highest BCUT2D eigenvalue weighted by atomic mass is 35.5. The van der Waals surface area contributed by atoms with Gasteiger partial charge in [0.25, 0.3) is 15.9 Å². The number of hydrogen-bond acceptors (Lipinski definition) is 9. The van der Waals surface area contributed by atoms with Crippen LogP contribution in [0.25, 0.3) is 22.6 Å². The molecule has 0 aliphatic carbocycles. The number of nitrogens with one attached hydrogen (secondary N) is 1. The molecule has 0 unspecified atom stereocenters. The summed E-state index contributed by atoms with van der Waals surface area (Å²) < 4.78 is 44.1. The quantitative estimate of drug-likeness (QED) is 0.398. The van der Waals surface area contributed by atoms with Crippen LogP contribution in [0.15, 0.2) is 49.4 Å². The second-order valence-electron chi connectivity index (χ2n) is 7.63. The van der Waals surface area contributed by atoms with Crippen molar-refractivity contribution in [3.63, 3.8) is 0 Å². The van der Waals surface area contributed by atoms with E-state index < -0.39 is 10.0 Å². The Labute approximate surface area is 203 Å². The third-order valence-electron chi connectivity index (χ3n) is 5.56. The maximum absolute atomic E-state index is 12.7. The summed E-state index contributed by atoms with van der Waals surface area (Å²) >= 11 is 6.89. The molecule has 34 heavy (non-hydrogen) atoms. The summed E-state index contributed by atoms with van der Waals surface area (Å²) in [6, 6.07) is 10.2. The van der Waals surface area contributed by atoms with E-state index in [4.69, 9.17) is 25.2 Å². The number of furan rings is 1. The van der Waals surface area contributed by atoms with Crippen molar-refractivity contribution in [1.29, 1.82) is 0 Å². The van der Waals surface area contributed by atoms with Crippen LogP contribution in [0.2, 0.25) is 4.34 Å². The summed E-state index contributed by atoms with van der Waals surface area (Å²) in [4.78, 5) is 12.7. The first kappa shape index (κ1) is 22.8. The molecule has 5 rings (SSSR count). The molecular formula is C21H19ClN4O6S2. The number of sulfonamides is 1. The Balaban J connectivity index is 1.22. The molecule has 1 N–H and O–H groups in total. The number of fused-ring (bicyclic) bond motifs is 1. The lowest BCUT2D eigenvalue weighted by Crippen LogP contribution is -2.41. The summed E-state index contributed by atoms with van der Waals surface area (Å²) in [6.45, 7) is 0.456. The first-order chi connectivity index (χ1) is 16.3. The van der Waals surface area contributed by atoms with Crippen LogP contribution >= 0.6 is 22.9 Å². The normalized spacial score (nSPS) is 15.6. The molecule has 13 heteroatoms. The van der Waals surface area contributed by atoms with Gasteiger partial charge >= 0.3 is 6.01 Å². The van der Waals surface area contributed by atoms with Gasteiger partial charge in [-0.15, -0.1) is 16.4 Å². The number of nitrogens with zero attached hydrogens (tertiary/aromatic N) is 3. The molecule has 1 saturated heterocycles. The van der Waals surface area contributed by atoms with Gasteiger partial charge in [-0.05, 0) is 37.1 Å². The number of amides is 1. The first-order valence-corrected chi connectivity index (χ1v) is 13.0. The van der Waals surface area contributed by atoms with E-state index in [1.54, 1.807) is 25.3 Å². The van der Waals surface area contributed by atoms with Gasteiger partial charge in [0.1, 0.15) is 4.21 Å². The molecule has 4 heterocycles. The number of methoxy groups -OCH3 is 1. The number of thiophene rings is 1. The van der Waals surface area contributed by atoms with E-state index in [2.05, 4.69) is 15.5 Å². The Morgan fingerprint density at radius 3 is 2.71 bits per heavy atom. The maximum Gasteiger partial charge on any atom is 0.322 e. The van der Waals surface area contributed by atoms with Gasteiger partial charge in [0.15, 0.2) is 17.1 Å². The molecule has 178 valence electrons. The van der Waals surface area contributed by atoms with E-state index in [9.17, 15) is 13.2 Å². The number of carbonyl (C=O) groups is 1. The minimum Gasteiger partial charge on any atom is -0.493 e. The predicted molar refractivity (Wildman–Crippen MR) is 125 cm³/mol. The molecule has 4 aromatic rings. The van der Waals surface area contributed by atoms with Crippen molar-refractivity contribution < 1.29 is 26.8 Å². The van der Waals surface area contributed by atoms with Crippen LogP contribution in [-0.2, 0) is 14.8 Å². The number of halogens is 1. The minimum absolute atomic E-state index is 0.0595. The first-order valence-electron chi connectivity index (χ1n) is 10.3. The highest BCUT2D eigenvalue weighted by Gasteiger charge is 2.33. The zero-order valence-electron chi connectivity index (χ0n) is 17.9. The van der Waals surface area contributed by atoms with E-state index in [0.29, 0.717) is 34.3 Å². The molecule has 0 bridgehead atoms. The Morgan fingerprint density at radius 1 is 1.21 bits per heavy atom. The van der Waals surface area contributed by atoms with Gasteiger partial charge in [-0.2, -0.15) is 4.31 Å². The van der Waals surface area contributed by atoms with Gasteiger partial charge in [0, 0.05) is 24.4 Å². The van der Waals surface area contributed by atoms with Crippen LogP contribution < -0.4 is 10.1 Å². The van der Waals surface area contributed by atoms with Crippen LogP contribution in [0.5, 0.6) is 5.75 Å². The van der Waals surface area contributed by atoms with Crippen molar-refractivity contribution in [2.75, 3.05) is 25.5 Å². The Morgan fingerprint density at radius 2 is 2.00 bits per heavy atom. The number of aromatic nitrogens is 2. The number of anilines is 1. The Kier molecular flexibility index (Phi) is 6.06. The monoisotopic (exact) mass is 522 g/mol. The van der Waals surface area contributed by atoms with Gasteiger partial charge in [-0.1, -0.05) is 28.8 Å². The van der Waals surface area contributed by atoms with Crippen LogP contribution in [0, 0.1) is 5.92 Å². The molecule has 1 aliphatic rings. The number of benzene rings is 1. The largest absolute Gasteiger partial charge is 0.493 e. The minimum atomic E-state index is -3.62. The predicted octanol–water partition coefficient (Wildman–Crippen LogP) is 4.25. The molecule has 1 aliphatic heterocycles. The molecule has 0 spiro atoms. The average Bonchev–Trinajstić information content (AvgIpc) is 3.58. The van der Waals surface area contributed by atoms with E-state index in [-0.39, 0.29) is 41.0 Å². The van der Waals surface area contributed by atoms with Crippen molar-refractivity contribution in [3.05, 3.63) is 40.7 Å². The second kappa shape index (κ2) is 9.02. The number of piperidine rings is 1. The van der Waals surface area contributed by atoms with Crippen LogP contribution in [0.1, 0.15) is 12.8 Å². The van der Waals surface area contributed by atoms with Gasteiger partial charge in [0.05, 0.1) is 11.4 Å². The van der Waals surface area contributed by atoms with Crippen LogP contribution in [0.4, 0.5) is 6.01 Å². The van der Waals surface area contributed by atoms with Gasteiger partial charge in [-0.25, -0.2) is 8.42 Å². The average molecular weight is 523 g/mol. The topological polar surface area (TPSA) is 128 Å². The Bertz CT molecular complexity index is 1450. The Hall–Kier alpha value is -2.93. The lowest BCUT2D eigenvalue weighted by Gasteiger charge is -2.29. The van der Waals surface area contributed by atoms with Crippen molar-refractivity contribution in [2.24, 2.45) is 5.92 Å². The molecule has 3 aromatic heterocycles. The molecule has 1 aromatic carbocycles. The van der Waals surface area contributed by atoms with Crippen molar-refractivity contribution in [1.82, 2.24) is 14.5 Å². The lowest BCUT2D eigenvalue weighted by molar-refractivity contribution is -0.121. The van der Waals surface area contributed by atoms with E-state index in [1.165, 1.54) is 10.4 Å². The number of rotatable bonds is 6. The SMILES string of the molecule is COc1cccc2cc(-c3nnc(NC(=O)C4CCN(S(=O)(=O)c5ccc(Cl)s5)CC4)o3)oc12. The maximum atomic E-state index is 12.7. The summed E-state index contributed by atoms with van der Waals surface area (Å²) in [5, 5.41) is 11.3. The van der Waals surface area contributed by atoms with Crippen LogP contribution in [0.3, 0.4) is 0 Å². The fourth-order valence-corrected chi connectivity index (χ4v) is 6.91. The highest BCUT2D eigenvalue weighted by molar-refractivity contribution is 7.91. The molecule has 1 fully saturated rings. The van der Waals surface area contributed by atoms with Gasteiger partial charge in [0.2, 0.25) is 5.91 Å². The fourth-order valence-electron chi connectivity index (χ4n) is 3.81. The highest BCUT2D eigenvalue weighted by Crippen LogP contribution is 2.34. The summed E-state index contributed by atoms with van der Waals surface area (Å²) in [5.41, 5.74) is 0.551. The summed E-state index contributed by atoms with van der Waals surface area (Å²) in [5.74, 6) is 0.345. The molecule has 10 nitrogen and oxygen atoms in total. The molecule has 0 saturated carbocycles. The van der Waals surface area contributed by atoms with E-state index in [1.807, 2.05) is 12.1 Å². The molecular weight excluding hydrogens is 504 g/mol. The summed E-state index contributed by atoms with van der Waals surface area (Å²) in [7, 11) is -2.07. The second-order valence-corrected chi connectivity index (χ2v) is 11.5. The van der Waals surface area contributed by atoms with Crippen LogP contribution in [-0.4, -0.2) is 49.0 Å². The van der Waals surface area contributed by atoms with Crippen molar-refractivity contribution >= 4 is 55.9 Å². The number of carbonyl (C=O) groups excluding carboxylic acids is 1. The van der Waals surface area contributed by atoms with Gasteiger partial charge in [-0.3, -0.25) is 10.1 Å².